The summed E-state index contributed by atoms with van der Waals surface area (Å²) in [5, 5.41) is 4.86. The summed E-state index contributed by atoms with van der Waals surface area (Å²) in [6, 6.07) is 2.07. The Kier molecular flexibility index (Phi) is 5.28. The van der Waals surface area contributed by atoms with Gasteiger partial charge in [0.1, 0.15) is 0 Å². The molecule has 0 saturated carbocycles. The molecule has 1 aromatic rings. The summed E-state index contributed by atoms with van der Waals surface area (Å²) < 4.78 is 1.06. The van der Waals surface area contributed by atoms with Gasteiger partial charge in [0.15, 0.2) is 0 Å². The van der Waals surface area contributed by atoms with Gasteiger partial charge in [-0.25, -0.2) is 0 Å². The van der Waals surface area contributed by atoms with Gasteiger partial charge in [-0.05, 0) is 40.7 Å². The van der Waals surface area contributed by atoms with Crippen molar-refractivity contribution in [3.8, 4) is 0 Å². The zero-order valence-corrected chi connectivity index (χ0v) is 11.0. The number of rotatable bonds is 5. The van der Waals surface area contributed by atoms with E-state index in [9.17, 15) is 4.79 Å². The molecule has 0 bridgehead atoms. The SMILES string of the molecule is CC(N)CCC(=O)NCc1sccc1Br. The normalized spacial score (nSPS) is 12.5. The second-order valence-electron chi connectivity index (χ2n) is 3.48. The lowest BCUT2D eigenvalue weighted by Crippen LogP contribution is -2.25. The van der Waals surface area contributed by atoms with Crippen molar-refractivity contribution in [2.45, 2.75) is 32.4 Å². The number of carbonyl (C=O) groups excluding carboxylic acids is 1. The molecule has 0 saturated heterocycles. The minimum atomic E-state index is 0.0626. The number of hydrogen-bond acceptors (Lipinski definition) is 3. The van der Waals surface area contributed by atoms with Crippen LogP contribution in [0.3, 0.4) is 0 Å². The van der Waals surface area contributed by atoms with Crippen molar-refractivity contribution >= 4 is 33.2 Å². The number of halogens is 1. The lowest BCUT2D eigenvalue weighted by Gasteiger charge is -2.06. The van der Waals surface area contributed by atoms with Crippen molar-refractivity contribution in [1.82, 2.24) is 5.32 Å². The molecule has 0 aliphatic rings. The molecule has 0 aliphatic heterocycles. The molecule has 3 nitrogen and oxygen atoms in total. The minimum absolute atomic E-state index is 0.0626. The lowest BCUT2D eigenvalue weighted by molar-refractivity contribution is -0.121. The van der Waals surface area contributed by atoms with Crippen LogP contribution in [0.2, 0.25) is 0 Å². The van der Waals surface area contributed by atoms with Gasteiger partial charge < -0.3 is 11.1 Å². The highest BCUT2D eigenvalue weighted by atomic mass is 79.9. The summed E-state index contributed by atoms with van der Waals surface area (Å²) in [6.45, 7) is 2.50. The van der Waals surface area contributed by atoms with Gasteiger partial charge in [0.2, 0.25) is 5.91 Å². The van der Waals surface area contributed by atoms with Gasteiger partial charge >= 0.3 is 0 Å². The summed E-state index contributed by atoms with van der Waals surface area (Å²) in [4.78, 5) is 12.5. The Morgan fingerprint density at radius 2 is 2.47 bits per heavy atom. The quantitative estimate of drug-likeness (QED) is 0.874. The van der Waals surface area contributed by atoms with E-state index < -0.39 is 0 Å². The number of amides is 1. The van der Waals surface area contributed by atoms with E-state index in [1.807, 2.05) is 18.4 Å². The average molecular weight is 291 g/mol. The van der Waals surface area contributed by atoms with Crippen LogP contribution in [0.15, 0.2) is 15.9 Å². The van der Waals surface area contributed by atoms with E-state index in [-0.39, 0.29) is 11.9 Å². The summed E-state index contributed by atoms with van der Waals surface area (Å²) >= 11 is 5.05. The highest BCUT2D eigenvalue weighted by Crippen LogP contribution is 2.22. The van der Waals surface area contributed by atoms with Crippen LogP contribution >= 0.6 is 27.3 Å². The third-order valence-electron chi connectivity index (χ3n) is 1.96. The molecule has 84 valence electrons. The van der Waals surface area contributed by atoms with E-state index in [0.717, 1.165) is 15.8 Å². The highest BCUT2D eigenvalue weighted by molar-refractivity contribution is 9.10. The molecule has 3 N–H and O–H groups in total. The van der Waals surface area contributed by atoms with Crippen LogP contribution in [0.4, 0.5) is 0 Å². The number of nitrogens with one attached hydrogen (secondary N) is 1. The summed E-state index contributed by atoms with van der Waals surface area (Å²) in [5.41, 5.74) is 5.57. The fraction of sp³-hybridized carbons (Fsp3) is 0.500. The Balaban J connectivity index is 2.26. The molecule has 0 aliphatic carbocycles. The largest absolute Gasteiger partial charge is 0.351 e. The molecular formula is C10H15BrN2OS. The Morgan fingerprint density at radius 1 is 1.73 bits per heavy atom. The second-order valence-corrected chi connectivity index (χ2v) is 5.34. The number of hydrogen-bond donors (Lipinski definition) is 2. The van der Waals surface area contributed by atoms with Crippen molar-refractivity contribution in [3.05, 3.63) is 20.8 Å². The predicted molar refractivity (Wildman–Crippen MR) is 66.7 cm³/mol. The first-order valence-corrected chi connectivity index (χ1v) is 6.51. The molecule has 0 fully saturated rings. The van der Waals surface area contributed by atoms with E-state index in [1.54, 1.807) is 11.3 Å². The summed E-state index contributed by atoms with van der Waals surface area (Å²) in [5.74, 6) is 0.0626. The van der Waals surface area contributed by atoms with Crippen LogP contribution in [0.25, 0.3) is 0 Å². The lowest BCUT2D eigenvalue weighted by atomic mass is 10.2. The molecule has 1 rings (SSSR count). The van der Waals surface area contributed by atoms with Gasteiger partial charge in [-0.3, -0.25) is 4.79 Å². The molecule has 0 radical (unpaired) electrons. The summed E-state index contributed by atoms with van der Waals surface area (Å²) in [7, 11) is 0. The maximum atomic E-state index is 11.4. The zero-order valence-electron chi connectivity index (χ0n) is 8.63. The van der Waals surface area contributed by atoms with Gasteiger partial charge in [0, 0.05) is 21.8 Å². The molecule has 0 spiro atoms. The fourth-order valence-corrected chi connectivity index (χ4v) is 2.51. The van der Waals surface area contributed by atoms with Crippen LogP contribution in [0.1, 0.15) is 24.6 Å². The monoisotopic (exact) mass is 290 g/mol. The molecular weight excluding hydrogens is 276 g/mol. The van der Waals surface area contributed by atoms with Crippen LogP contribution in [-0.4, -0.2) is 11.9 Å². The third-order valence-corrected chi connectivity index (χ3v) is 3.89. The van der Waals surface area contributed by atoms with Crippen molar-refractivity contribution in [1.29, 1.82) is 0 Å². The number of nitrogens with two attached hydrogens (primary N) is 1. The standard InChI is InChI=1S/C10H15BrN2OS/c1-7(12)2-3-10(14)13-6-9-8(11)4-5-15-9/h4-5,7H,2-3,6,12H2,1H3,(H,13,14). The number of carbonyl (C=O) groups is 1. The smallest absolute Gasteiger partial charge is 0.220 e. The van der Waals surface area contributed by atoms with E-state index >= 15 is 0 Å². The highest BCUT2D eigenvalue weighted by Gasteiger charge is 2.05. The predicted octanol–water partition coefficient (Wildman–Crippen LogP) is 2.25. The minimum Gasteiger partial charge on any atom is -0.351 e. The van der Waals surface area contributed by atoms with Gasteiger partial charge in [0.25, 0.3) is 0 Å². The number of thiophene rings is 1. The fourth-order valence-electron chi connectivity index (χ4n) is 1.08. The van der Waals surface area contributed by atoms with Crippen molar-refractivity contribution in [2.75, 3.05) is 0 Å². The van der Waals surface area contributed by atoms with Crippen molar-refractivity contribution in [2.24, 2.45) is 5.73 Å². The van der Waals surface area contributed by atoms with Crippen molar-refractivity contribution < 1.29 is 4.79 Å². The first kappa shape index (κ1) is 12.7. The molecule has 1 unspecified atom stereocenters. The second kappa shape index (κ2) is 6.25. The Labute approximate surface area is 102 Å². The maximum absolute atomic E-state index is 11.4. The molecule has 0 aromatic carbocycles. The summed E-state index contributed by atoms with van der Waals surface area (Å²) in [6.07, 6.45) is 1.23. The van der Waals surface area contributed by atoms with E-state index in [0.29, 0.717) is 13.0 Å². The average Bonchev–Trinajstić information content (AvgIpc) is 2.58. The molecule has 1 atom stereocenters. The van der Waals surface area contributed by atoms with Crippen LogP contribution in [0.5, 0.6) is 0 Å². The van der Waals surface area contributed by atoms with Crippen molar-refractivity contribution in [3.63, 3.8) is 0 Å². The molecule has 1 amide bonds. The topological polar surface area (TPSA) is 55.1 Å². The van der Waals surface area contributed by atoms with Gasteiger partial charge in [0.05, 0.1) is 6.54 Å². The van der Waals surface area contributed by atoms with E-state index in [2.05, 4.69) is 21.2 Å². The first-order valence-electron chi connectivity index (χ1n) is 4.83. The first-order chi connectivity index (χ1) is 7.09. The Hall–Kier alpha value is -0.390. The van der Waals surface area contributed by atoms with E-state index in [4.69, 9.17) is 5.73 Å². The van der Waals surface area contributed by atoms with Gasteiger partial charge in [-0.15, -0.1) is 11.3 Å². The molecule has 1 aromatic heterocycles. The Bertz CT molecular complexity index is 325. The van der Waals surface area contributed by atoms with Gasteiger partial charge in [-0.2, -0.15) is 0 Å². The maximum Gasteiger partial charge on any atom is 0.220 e. The molecule has 5 heteroatoms. The molecule has 15 heavy (non-hydrogen) atoms. The Morgan fingerprint density at radius 3 is 3.00 bits per heavy atom. The zero-order chi connectivity index (χ0) is 11.3. The van der Waals surface area contributed by atoms with Gasteiger partial charge in [-0.1, -0.05) is 0 Å². The molecule has 1 heterocycles. The van der Waals surface area contributed by atoms with Crippen LogP contribution in [-0.2, 0) is 11.3 Å². The van der Waals surface area contributed by atoms with Crippen LogP contribution < -0.4 is 11.1 Å². The third kappa shape index (κ3) is 4.77. The van der Waals surface area contributed by atoms with E-state index in [1.165, 1.54) is 0 Å². The van der Waals surface area contributed by atoms with Crippen LogP contribution in [0, 0.1) is 0 Å².